The first-order valence-corrected chi connectivity index (χ1v) is 6.39. The molecule has 20 heavy (non-hydrogen) atoms. The van der Waals surface area contributed by atoms with Crippen LogP contribution in [0.15, 0.2) is 22.7 Å². The van der Waals surface area contributed by atoms with Gasteiger partial charge in [0.1, 0.15) is 18.0 Å². The summed E-state index contributed by atoms with van der Waals surface area (Å²) in [4.78, 5) is 11.4. The predicted molar refractivity (Wildman–Crippen MR) is 65.4 cm³/mol. The number of alkyl halides is 3. The maximum absolute atomic E-state index is 13.9. The van der Waals surface area contributed by atoms with Crippen LogP contribution in [0.3, 0.4) is 0 Å². The van der Waals surface area contributed by atoms with Gasteiger partial charge in [-0.05, 0) is 25.1 Å². The fourth-order valence-corrected chi connectivity index (χ4v) is 2.60. The molecule has 110 valence electrons. The van der Waals surface area contributed by atoms with Crippen LogP contribution in [-0.2, 0) is 15.1 Å². The molecule has 0 radical (unpaired) electrons. The van der Waals surface area contributed by atoms with Gasteiger partial charge in [0.25, 0.3) is 0 Å². The van der Waals surface area contributed by atoms with E-state index in [-0.39, 0.29) is 5.56 Å². The van der Waals surface area contributed by atoms with E-state index in [9.17, 15) is 22.4 Å². The van der Waals surface area contributed by atoms with Crippen LogP contribution in [0.25, 0.3) is 0 Å². The number of hydrogen-bond donors (Lipinski definition) is 1. The van der Waals surface area contributed by atoms with Crippen LogP contribution in [0.5, 0.6) is 0 Å². The second kappa shape index (κ2) is 5.00. The molecular weight excluding hydrogens is 346 g/mol. The Balaban J connectivity index is 2.56. The Labute approximate surface area is 120 Å². The smallest absolute Gasteiger partial charge is 0.356 e. The molecule has 0 spiro atoms. The Hall–Kier alpha value is -1.15. The molecule has 0 aromatic heterocycles. The van der Waals surface area contributed by atoms with Gasteiger partial charge < -0.3 is 10.1 Å². The van der Waals surface area contributed by atoms with Crippen molar-refractivity contribution in [2.45, 2.75) is 24.7 Å². The molecule has 1 aromatic carbocycles. The molecular formula is C12H10BrF4NO2. The molecule has 1 saturated heterocycles. The average Bonchev–Trinajstić information content (AvgIpc) is 2.30. The Morgan fingerprint density at radius 1 is 1.45 bits per heavy atom. The van der Waals surface area contributed by atoms with Crippen molar-refractivity contribution >= 4 is 21.8 Å². The average molecular weight is 356 g/mol. The summed E-state index contributed by atoms with van der Waals surface area (Å²) in [5.41, 5.74) is -2.32. The summed E-state index contributed by atoms with van der Waals surface area (Å²) < 4.78 is 58.1. The Kier molecular flexibility index (Phi) is 3.81. The van der Waals surface area contributed by atoms with E-state index < -0.39 is 36.2 Å². The maximum Gasteiger partial charge on any atom is 0.417 e. The second-order valence-corrected chi connectivity index (χ2v) is 5.52. The molecule has 1 heterocycles. The summed E-state index contributed by atoms with van der Waals surface area (Å²) >= 11 is 3.07. The third-order valence-corrected chi connectivity index (χ3v) is 3.58. The highest BCUT2D eigenvalue weighted by molar-refractivity contribution is 9.10. The zero-order valence-corrected chi connectivity index (χ0v) is 11.8. The highest BCUT2D eigenvalue weighted by Crippen LogP contribution is 2.40. The van der Waals surface area contributed by atoms with Crippen LogP contribution >= 0.6 is 15.9 Å². The van der Waals surface area contributed by atoms with Crippen LogP contribution in [0.4, 0.5) is 17.6 Å². The quantitative estimate of drug-likeness (QED) is 0.786. The summed E-state index contributed by atoms with van der Waals surface area (Å²) in [6.07, 6.45) is -7.06. The molecule has 0 aliphatic carbocycles. The van der Waals surface area contributed by atoms with Gasteiger partial charge in [0.05, 0.1) is 0 Å². The normalized spacial score (nSPS) is 27.3. The van der Waals surface area contributed by atoms with E-state index in [1.165, 1.54) is 12.1 Å². The predicted octanol–water partition coefficient (Wildman–Crippen LogP) is 2.88. The zero-order valence-electron chi connectivity index (χ0n) is 10.2. The van der Waals surface area contributed by atoms with Gasteiger partial charge in [-0.1, -0.05) is 15.9 Å². The standard InChI is InChI=1S/C12H10BrF4NO2/c1-11(7-4-6(13)2-3-8(7)14)10(12(15,16)17)20-5-9(19)18-11/h2-4,10H,5H2,1H3,(H,18,19)/t10-,11+/m0/s1. The first kappa shape index (κ1) is 15.2. The first-order chi connectivity index (χ1) is 9.14. The first-order valence-electron chi connectivity index (χ1n) is 5.59. The van der Waals surface area contributed by atoms with E-state index >= 15 is 0 Å². The fraction of sp³-hybridized carbons (Fsp3) is 0.417. The molecule has 1 N–H and O–H groups in total. The number of rotatable bonds is 1. The largest absolute Gasteiger partial charge is 0.417 e. The molecule has 2 atom stereocenters. The minimum Gasteiger partial charge on any atom is -0.356 e. The summed E-state index contributed by atoms with van der Waals surface area (Å²) in [6.45, 7) is 0.377. The Morgan fingerprint density at radius 3 is 2.70 bits per heavy atom. The van der Waals surface area contributed by atoms with Gasteiger partial charge in [0, 0.05) is 10.0 Å². The van der Waals surface area contributed by atoms with Crippen molar-refractivity contribution in [3.05, 3.63) is 34.1 Å². The molecule has 0 saturated carbocycles. The number of benzene rings is 1. The lowest BCUT2D eigenvalue weighted by molar-refractivity contribution is -0.251. The third-order valence-electron chi connectivity index (χ3n) is 3.09. The SMILES string of the molecule is C[C@]1(c2cc(Br)ccc2F)NC(=O)CO[C@@H]1C(F)(F)F. The summed E-state index contributed by atoms with van der Waals surface area (Å²) in [5, 5.41) is 2.19. The topological polar surface area (TPSA) is 38.3 Å². The van der Waals surface area contributed by atoms with Gasteiger partial charge in [0.2, 0.25) is 5.91 Å². The van der Waals surface area contributed by atoms with Crippen molar-refractivity contribution in [1.82, 2.24) is 5.32 Å². The molecule has 3 nitrogen and oxygen atoms in total. The van der Waals surface area contributed by atoms with Crippen LogP contribution in [0.1, 0.15) is 12.5 Å². The van der Waals surface area contributed by atoms with Gasteiger partial charge in [-0.15, -0.1) is 0 Å². The maximum atomic E-state index is 13.9. The van der Waals surface area contributed by atoms with Crippen molar-refractivity contribution in [2.75, 3.05) is 6.61 Å². The van der Waals surface area contributed by atoms with E-state index in [4.69, 9.17) is 0 Å². The van der Waals surface area contributed by atoms with E-state index in [0.717, 1.165) is 13.0 Å². The number of carbonyl (C=O) groups is 1. The minimum absolute atomic E-state index is 0.290. The number of hydrogen-bond acceptors (Lipinski definition) is 2. The van der Waals surface area contributed by atoms with Crippen molar-refractivity contribution in [2.24, 2.45) is 0 Å². The van der Waals surface area contributed by atoms with Gasteiger partial charge in [-0.2, -0.15) is 13.2 Å². The highest BCUT2D eigenvalue weighted by atomic mass is 79.9. The highest BCUT2D eigenvalue weighted by Gasteiger charge is 2.57. The van der Waals surface area contributed by atoms with Gasteiger partial charge >= 0.3 is 6.18 Å². The van der Waals surface area contributed by atoms with Crippen LogP contribution < -0.4 is 5.32 Å². The third kappa shape index (κ3) is 2.67. The van der Waals surface area contributed by atoms with E-state index in [2.05, 4.69) is 26.0 Å². The Morgan fingerprint density at radius 2 is 2.10 bits per heavy atom. The number of nitrogens with one attached hydrogen (secondary N) is 1. The van der Waals surface area contributed by atoms with Crippen LogP contribution in [-0.4, -0.2) is 24.8 Å². The number of carbonyl (C=O) groups excluding carboxylic acids is 1. The van der Waals surface area contributed by atoms with Crippen LogP contribution in [0.2, 0.25) is 0 Å². The molecule has 8 heteroatoms. The number of ether oxygens (including phenoxy) is 1. The lowest BCUT2D eigenvalue weighted by atomic mass is 9.84. The van der Waals surface area contributed by atoms with Crippen molar-refractivity contribution in [1.29, 1.82) is 0 Å². The molecule has 1 aliphatic heterocycles. The van der Waals surface area contributed by atoms with E-state index in [0.29, 0.717) is 4.47 Å². The van der Waals surface area contributed by atoms with Gasteiger partial charge in [0.15, 0.2) is 6.10 Å². The number of morpholine rings is 1. The van der Waals surface area contributed by atoms with Crippen molar-refractivity contribution < 1.29 is 27.1 Å². The summed E-state index contributed by atoms with van der Waals surface area (Å²) in [6, 6.07) is 3.58. The summed E-state index contributed by atoms with van der Waals surface area (Å²) in [5.74, 6) is -1.58. The molecule has 0 bridgehead atoms. The van der Waals surface area contributed by atoms with Gasteiger partial charge in [-0.25, -0.2) is 4.39 Å². The second-order valence-electron chi connectivity index (χ2n) is 4.61. The van der Waals surface area contributed by atoms with Crippen molar-refractivity contribution in [3.63, 3.8) is 0 Å². The molecule has 1 amide bonds. The monoisotopic (exact) mass is 355 g/mol. The van der Waals surface area contributed by atoms with Gasteiger partial charge in [-0.3, -0.25) is 4.79 Å². The molecule has 2 rings (SSSR count). The van der Waals surface area contributed by atoms with E-state index in [1.54, 1.807) is 0 Å². The minimum atomic E-state index is -4.74. The van der Waals surface area contributed by atoms with Crippen LogP contribution in [0, 0.1) is 5.82 Å². The fourth-order valence-electron chi connectivity index (χ4n) is 2.24. The zero-order chi connectivity index (χ0) is 15.1. The number of halogens is 5. The molecule has 1 aromatic rings. The lowest BCUT2D eigenvalue weighted by Gasteiger charge is -2.42. The van der Waals surface area contributed by atoms with Crippen molar-refractivity contribution in [3.8, 4) is 0 Å². The number of amides is 1. The lowest BCUT2D eigenvalue weighted by Crippen LogP contribution is -2.63. The molecule has 0 unspecified atom stereocenters. The Bertz CT molecular complexity index is 549. The molecule has 1 fully saturated rings. The summed E-state index contributed by atoms with van der Waals surface area (Å²) in [7, 11) is 0. The van der Waals surface area contributed by atoms with E-state index in [1.807, 2.05) is 0 Å². The molecule has 1 aliphatic rings.